The molecule has 0 radical (unpaired) electrons. The molecule has 0 unspecified atom stereocenters. The number of hydrogen-bond acceptors (Lipinski definition) is 4. The van der Waals surface area contributed by atoms with Crippen LogP contribution in [0.2, 0.25) is 0 Å². The molecule has 5 heteroatoms. The summed E-state index contributed by atoms with van der Waals surface area (Å²) in [7, 11) is 0. The third-order valence-corrected chi connectivity index (χ3v) is 4.05. The van der Waals surface area contributed by atoms with Crippen molar-refractivity contribution in [2.24, 2.45) is 0 Å². The highest BCUT2D eigenvalue weighted by Gasteiger charge is 2.43. The fraction of sp³-hybridized carbons (Fsp3) is 0.562. The molecule has 2 aliphatic rings. The van der Waals surface area contributed by atoms with Crippen molar-refractivity contribution < 1.29 is 14.3 Å². The molecular weight excluding hydrogens is 268 g/mol. The maximum atomic E-state index is 12.1. The van der Waals surface area contributed by atoms with Gasteiger partial charge in [0, 0.05) is 12.1 Å². The molecule has 2 fully saturated rings. The van der Waals surface area contributed by atoms with Gasteiger partial charge in [-0.05, 0) is 12.5 Å². The highest BCUT2D eigenvalue weighted by atomic mass is 16.5. The van der Waals surface area contributed by atoms with Crippen molar-refractivity contribution in [1.82, 2.24) is 10.2 Å². The summed E-state index contributed by atoms with van der Waals surface area (Å²) in [5.41, 5.74) is 1.03. The van der Waals surface area contributed by atoms with Crippen LogP contribution in [0, 0.1) is 0 Å². The van der Waals surface area contributed by atoms with Gasteiger partial charge in [0.05, 0.1) is 19.8 Å². The van der Waals surface area contributed by atoms with Crippen molar-refractivity contribution in [3.8, 4) is 5.75 Å². The summed E-state index contributed by atoms with van der Waals surface area (Å²) in [5, 5.41) is 3.07. The van der Waals surface area contributed by atoms with Crippen molar-refractivity contribution in [1.29, 1.82) is 0 Å². The molecule has 2 aliphatic heterocycles. The number of fused-ring (bicyclic) bond motifs is 1. The maximum Gasteiger partial charge on any atom is 0.241 e. The summed E-state index contributed by atoms with van der Waals surface area (Å²) < 4.78 is 11.3. The molecule has 5 nitrogen and oxygen atoms in total. The molecular formula is C16H22N2O3. The van der Waals surface area contributed by atoms with Crippen LogP contribution in [-0.4, -0.2) is 43.2 Å². The van der Waals surface area contributed by atoms with Crippen LogP contribution >= 0.6 is 0 Å². The second-order valence-electron chi connectivity index (χ2n) is 5.48. The molecule has 0 aliphatic carbocycles. The summed E-state index contributed by atoms with van der Waals surface area (Å²) in [6.07, 6.45) is 2.03. The summed E-state index contributed by atoms with van der Waals surface area (Å²) >= 11 is 0. The van der Waals surface area contributed by atoms with Crippen molar-refractivity contribution >= 4 is 5.91 Å². The van der Waals surface area contributed by atoms with Crippen LogP contribution in [0.4, 0.5) is 0 Å². The fourth-order valence-electron chi connectivity index (χ4n) is 2.89. The summed E-state index contributed by atoms with van der Waals surface area (Å²) in [6.45, 7) is 4.75. The summed E-state index contributed by atoms with van der Waals surface area (Å²) in [6, 6.07) is 7.79. The van der Waals surface area contributed by atoms with E-state index in [9.17, 15) is 4.79 Å². The number of hydrogen-bond donors (Lipinski definition) is 1. The monoisotopic (exact) mass is 290 g/mol. The molecule has 114 valence electrons. The number of morpholine rings is 1. The lowest BCUT2D eigenvalue weighted by atomic mass is 10.1. The van der Waals surface area contributed by atoms with Crippen molar-refractivity contribution in [3.63, 3.8) is 0 Å². The quantitative estimate of drug-likeness (QED) is 0.839. The smallest absolute Gasteiger partial charge is 0.241 e. The molecule has 1 N–H and O–H groups in total. The molecule has 3 rings (SSSR count). The van der Waals surface area contributed by atoms with Crippen LogP contribution in [0.15, 0.2) is 24.3 Å². The van der Waals surface area contributed by atoms with Gasteiger partial charge in [-0.1, -0.05) is 31.5 Å². The molecule has 1 aromatic rings. The average molecular weight is 290 g/mol. The minimum Gasteiger partial charge on any atom is -0.493 e. The Hall–Kier alpha value is -1.59. The van der Waals surface area contributed by atoms with Gasteiger partial charge in [0.1, 0.15) is 18.0 Å². The van der Waals surface area contributed by atoms with E-state index in [0.29, 0.717) is 19.8 Å². The van der Waals surface area contributed by atoms with Crippen LogP contribution in [0.1, 0.15) is 31.5 Å². The van der Waals surface area contributed by atoms with Gasteiger partial charge < -0.3 is 14.8 Å². The number of rotatable bonds is 5. The van der Waals surface area contributed by atoms with Gasteiger partial charge in [0.15, 0.2) is 0 Å². The first-order chi connectivity index (χ1) is 10.3. The third kappa shape index (κ3) is 2.89. The first-order valence-corrected chi connectivity index (χ1v) is 7.67. The molecule has 0 saturated carbocycles. The number of benzene rings is 1. The van der Waals surface area contributed by atoms with Gasteiger partial charge in [-0.3, -0.25) is 9.69 Å². The molecule has 2 heterocycles. The fourth-order valence-corrected chi connectivity index (χ4v) is 2.89. The van der Waals surface area contributed by atoms with Gasteiger partial charge in [-0.25, -0.2) is 0 Å². The Balaban J connectivity index is 1.81. The first kappa shape index (κ1) is 14.4. The highest BCUT2D eigenvalue weighted by Crippen LogP contribution is 2.33. The summed E-state index contributed by atoms with van der Waals surface area (Å²) in [4.78, 5) is 14.3. The zero-order valence-corrected chi connectivity index (χ0v) is 12.4. The Morgan fingerprint density at radius 3 is 3.14 bits per heavy atom. The van der Waals surface area contributed by atoms with Gasteiger partial charge in [-0.2, -0.15) is 0 Å². The van der Waals surface area contributed by atoms with Gasteiger partial charge >= 0.3 is 0 Å². The van der Waals surface area contributed by atoms with E-state index in [4.69, 9.17) is 9.47 Å². The zero-order valence-electron chi connectivity index (χ0n) is 12.4. The largest absolute Gasteiger partial charge is 0.493 e. The van der Waals surface area contributed by atoms with E-state index in [1.165, 1.54) is 0 Å². The Morgan fingerprint density at radius 2 is 2.29 bits per heavy atom. The number of carbonyl (C=O) groups is 1. The average Bonchev–Trinajstić information content (AvgIpc) is 2.86. The predicted molar refractivity (Wildman–Crippen MR) is 79.0 cm³/mol. The SMILES string of the molecule is CCCCOc1ccccc1[C@H]1NC(=O)[C@H]2COCCN21. The number of para-hydroxylation sites is 1. The predicted octanol–water partition coefficient (Wildman–Crippen LogP) is 1.69. The van der Waals surface area contributed by atoms with Crippen LogP contribution in [0.5, 0.6) is 5.75 Å². The van der Waals surface area contributed by atoms with Crippen molar-refractivity contribution in [3.05, 3.63) is 29.8 Å². The molecule has 0 bridgehead atoms. The number of ether oxygens (including phenoxy) is 2. The van der Waals surface area contributed by atoms with Crippen LogP contribution < -0.4 is 10.1 Å². The van der Waals surface area contributed by atoms with E-state index >= 15 is 0 Å². The number of carbonyl (C=O) groups excluding carboxylic acids is 1. The minimum absolute atomic E-state index is 0.0445. The molecule has 21 heavy (non-hydrogen) atoms. The third-order valence-electron chi connectivity index (χ3n) is 4.05. The van der Waals surface area contributed by atoms with Crippen molar-refractivity contribution in [2.75, 3.05) is 26.4 Å². The van der Waals surface area contributed by atoms with Gasteiger partial charge in [0.25, 0.3) is 0 Å². The second kappa shape index (κ2) is 6.45. The lowest BCUT2D eigenvalue weighted by Gasteiger charge is -2.32. The summed E-state index contributed by atoms with van der Waals surface area (Å²) in [5.74, 6) is 0.909. The van der Waals surface area contributed by atoms with E-state index in [0.717, 1.165) is 30.7 Å². The van der Waals surface area contributed by atoms with E-state index in [2.05, 4.69) is 17.1 Å². The standard InChI is InChI=1S/C16H22N2O3/c1-2-3-9-21-14-7-5-4-6-12(14)15-17-16(19)13-11-20-10-8-18(13)15/h4-7,13,15H,2-3,8-11H2,1H3,(H,17,19)/t13-,15+/m1/s1. The number of amides is 1. The molecule has 2 atom stereocenters. The van der Waals surface area contributed by atoms with Crippen molar-refractivity contribution in [2.45, 2.75) is 32.0 Å². The van der Waals surface area contributed by atoms with E-state index in [-0.39, 0.29) is 18.1 Å². The Morgan fingerprint density at radius 1 is 1.43 bits per heavy atom. The second-order valence-corrected chi connectivity index (χ2v) is 5.48. The zero-order chi connectivity index (χ0) is 14.7. The van der Waals surface area contributed by atoms with E-state index < -0.39 is 0 Å². The lowest BCUT2D eigenvalue weighted by molar-refractivity contribution is -0.125. The Labute approximate surface area is 125 Å². The maximum absolute atomic E-state index is 12.1. The number of unbranched alkanes of at least 4 members (excludes halogenated alkanes) is 1. The van der Waals surface area contributed by atoms with E-state index in [1.54, 1.807) is 0 Å². The number of nitrogens with one attached hydrogen (secondary N) is 1. The molecule has 1 amide bonds. The Kier molecular flexibility index (Phi) is 4.41. The first-order valence-electron chi connectivity index (χ1n) is 7.67. The lowest BCUT2D eigenvalue weighted by Crippen LogP contribution is -2.44. The van der Waals surface area contributed by atoms with Gasteiger partial charge in [-0.15, -0.1) is 0 Å². The van der Waals surface area contributed by atoms with Gasteiger partial charge in [0.2, 0.25) is 5.91 Å². The number of nitrogens with zero attached hydrogens (tertiary/aromatic N) is 1. The highest BCUT2D eigenvalue weighted by molar-refractivity contribution is 5.84. The normalized spacial score (nSPS) is 25.5. The topological polar surface area (TPSA) is 50.8 Å². The van der Waals surface area contributed by atoms with Crippen LogP contribution in [0.3, 0.4) is 0 Å². The van der Waals surface area contributed by atoms with E-state index in [1.807, 2.05) is 24.3 Å². The minimum atomic E-state index is -0.174. The Bertz CT molecular complexity index is 506. The van der Waals surface area contributed by atoms with Crippen LogP contribution in [0.25, 0.3) is 0 Å². The molecule has 0 aromatic heterocycles. The van der Waals surface area contributed by atoms with Crippen LogP contribution in [-0.2, 0) is 9.53 Å². The molecule has 0 spiro atoms. The molecule has 1 aromatic carbocycles. The molecule has 2 saturated heterocycles.